The van der Waals surface area contributed by atoms with Gasteiger partial charge in [0.05, 0.1) is 5.02 Å². The normalized spacial score (nSPS) is 10.0. The van der Waals surface area contributed by atoms with Crippen LogP contribution in [0.2, 0.25) is 5.02 Å². The molecule has 15 heavy (non-hydrogen) atoms. The maximum atomic E-state index is 5.74. The predicted molar refractivity (Wildman–Crippen MR) is 66.7 cm³/mol. The molecule has 0 saturated carbocycles. The molecule has 0 saturated heterocycles. The Kier molecular flexibility index (Phi) is 3.23. The fourth-order valence-corrected chi connectivity index (χ4v) is 1.67. The van der Waals surface area contributed by atoms with Crippen LogP contribution in [0.25, 0.3) is 0 Å². The third kappa shape index (κ3) is 2.94. The molecule has 0 aliphatic rings. The van der Waals surface area contributed by atoms with E-state index in [4.69, 9.17) is 11.6 Å². The maximum absolute atomic E-state index is 5.74. The molecule has 2 nitrogen and oxygen atoms in total. The van der Waals surface area contributed by atoms with Crippen molar-refractivity contribution in [2.24, 2.45) is 0 Å². The van der Waals surface area contributed by atoms with Gasteiger partial charge in [-0.15, -0.1) is 0 Å². The molecule has 1 aromatic carbocycles. The lowest BCUT2D eigenvalue weighted by Crippen LogP contribution is -1.92. The summed E-state index contributed by atoms with van der Waals surface area (Å²) >= 11 is 9.15. The molecule has 0 aliphatic heterocycles. The summed E-state index contributed by atoms with van der Waals surface area (Å²) in [6, 6.07) is 11.5. The Labute approximate surface area is 101 Å². The van der Waals surface area contributed by atoms with E-state index in [1.807, 2.05) is 30.3 Å². The van der Waals surface area contributed by atoms with Gasteiger partial charge in [0.25, 0.3) is 0 Å². The first-order valence-electron chi connectivity index (χ1n) is 4.38. The molecule has 1 aromatic heterocycles. The minimum atomic E-state index is 0.634. The van der Waals surface area contributed by atoms with Gasteiger partial charge >= 0.3 is 0 Å². The summed E-state index contributed by atoms with van der Waals surface area (Å²) in [7, 11) is 0. The third-order valence-corrected chi connectivity index (χ3v) is 2.54. The standard InChI is InChI=1S/C11H8BrClN2/c12-8-2-1-3-10(6-8)15-11-5-4-9(13)7-14-11/h1-7H,(H,14,15). The minimum Gasteiger partial charge on any atom is -0.340 e. The molecular weight excluding hydrogens is 275 g/mol. The van der Waals surface area contributed by atoms with E-state index in [9.17, 15) is 0 Å². The van der Waals surface area contributed by atoms with Crippen molar-refractivity contribution < 1.29 is 0 Å². The Bertz CT molecular complexity index is 456. The highest BCUT2D eigenvalue weighted by Crippen LogP contribution is 2.19. The zero-order valence-corrected chi connectivity index (χ0v) is 10.1. The molecular formula is C11H8BrClN2. The Morgan fingerprint density at radius 1 is 1.20 bits per heavy atom. The number of halogens is 2. The topological polar surface area (TPSA) is 24.9 Å². The molecule has 76 valence electrons. The Hall–Kier alpha value is -1.06. The number of anilines is 2. The molecule has 0 amide bonds. The molecule has 0 unspecified atom stereocenters. The minimum absolute atomic E-state index is 0.634. The number of aromatic nitrogens is 1. The van der Waals surface area contributed by atoms with Crippen LogP contribution in [0, 0.1) is 0 Å². The molecule has 2 aromatic rings. The molecule has 1 N–H and O–H groups in total. The van der Waals surface area contributed by atoms with Crippen LogP contribution in [0.15, 0.2) is 47.1 Å². The molecule has 0 bridgehead atoms. The van der Waals surface area contributed by atoms with Crippen LogP contribution in [-0.2, 0) is 0 Å². The van der Waals surface area contributed by atoms with E-state index in [0.29, 0.717) is 5.02 Å². The van der Waals surface area contributed by atoms with Gasteiger partial charge in [0.1, 0.15) is 5.82 Å². The number of nitrogens with zero attached hydrogens (tertiary/aromatic N) is 1. The fraction of sp³-hybridized carbons (Fsp3) is 0. The highest BCUT2D eigenvalue weighted by Gasteiger charge is 1.96. The van der Waals surface area contributed by atoms with Crippen LogP contribution in [0.4, 0.5) is 11.5 Å². The number of rotatable bonds is 2. The van der Waals surface area contributed by atoms with Gasteiger partial charge in [-0.05, 0) is 30.3 Å². The van der Waals surface area contributed by atoms with E-state index in [-0.39, 0.29) is 0 Å². The van der Waals surface area contributed by atoms with Crippen molar-refractivity contribution >= 4 is 39.0 Å². The molecule has 0 fully saturated rings. The lowest BCUT2D eigenvalue weighted by molar-refractivity contribution is 1.31. The van der Waals surface area contributed by atoms with Gasteiger partial charge in [-0.3, -0.25) is 0 Å². The van der Waals surface area contributed by atoms with Crippen LogP contribution in [0.1, 0.15) is 0 Å². The Morgan fingerprint density at radius 2 is 2.07 bits per heavy atom. The van der Waals surface area contributed by atoms with Crippen LogP contribution in [0.5, 0.6) is 0 Å². The van der Waals surface area contributed by atoms with Gasteiger partial charge in [0.2, 0.25) is 0 Å². The first-order valence-corrected chi connectivity index (χ1v) is 5.55. The number of pyridine rings is 1. The summed E-state index contributed by atoms with van der Waals surface area (Å²) in [6.07, 6.45) is 1.61. The van der Waals surface area contributed by atoms with E-state index < -0.39 is 0 Å². The van der Waals surface area contributed by atoms with E-state index in [2.05, 4.69) is 26.2 Å². The summed E-state index contributed by atoms with van der Waals surface area (Å²) in [5.41, 5.74) is 0.985. The largest absolute Gasteiger partial charge is 0.340 e. The number of nitrogens with one attached hydrogen (secondary N) is 1. The van der Waals surface area contributed by atoms with E-state index >= 15 is 0 Å². The second kappa shape index (κ2) is 4.64. The third-order valence-electron chi connectivity index (χ3n) is 1.82. The van der Waals surface area contributed by atoms with Crippen LogP contribution >= 0.6 is 27.5 Å². The van der Waals surface area contributed by atoms with Crippen molar-refractivity contribution in [2.45, 2.75) is 0 Å². The van der Waals surface area contributed by atoms with Gasteiger partial charge in [0, 0.05) is 16.4 Å². The van der Waals surface area contributed by atoms with E-state index in [1.165, 1.54) is 0 Å². The zero-order chi connectivity index (χ0) is 10.7. The van der Waals surface area contributed by atoms with Crippen LogP contribution in [0.3, 0.4) is 0 Å². The molecule has 0 aliphatic carbocycles. The molecule has 0 atom stereocenters. The lowest BCUT2D eigenvalue weighted by Gasteiger charge is -2.05. The van der Waals surface area contributed by atoms with Gasteiger partial charge in [-0.25, -0.2) is 4.98 Å². The average Bonchev–Trinajstić information content (AvgIpc) is 2.22. The van der Waals surface area contributed by atoms with E-state index in [1.54, 1.807) is 12.3 Å². The number of hydrogen-bond donors (Lipinski definition) is 1. The quantitative estimate of drug-likeness (QED) is 0.891. The van der Waals surface area contributed by atoms with Crippen LogP contribution in [-0.4, -0.2) is 4.98 Å². The second-order valence-electron chi connectivity index (χ2n) is 3.00. The highest BCUT2D eigenvalue weighted by atomic mass is 79.9. The fourth-order valence-electron chi connectivity index (χ4n) is 1.16. The smallest absolute Gasteiger partial charge is 0.130 e. The van der Waals surface area contributed by atoms with Crippen molar-refractivity contribution in [1.82, 2.24) is 4.98 Å². The van der Waals surface area contributed by atoms with Crippen molar-refractivity contribution in [3.05, 3.63) is 52.1 Å². The second-order valence-corrected chi connectivity index (χ2v) is 4.35. The summed E-state index contributed by atoms with van der Waals surface area (Å²) in [5, 5.41) is 3.81. The SMILES string of the molecule is Clc1ccc(Nc2cccc(Br)c2)nc1. The highest BCUT2D eigenvalue weighted by molar-refractivity contribution is 9.10. The number of benzene rings is 1. The van der Waals surface area contributed by atoms with Crippen molar-refractivity contribution in [2.75, 3.05) is 5.32 Å². The molecule has 4 heteroatoms. The predicted octanol–water partition coefficient (Wildman–Crippen LogP) is 4.24. The number of hydrogen-bond acceptors (Lipinski definition) is 2. The molecule has 2 rings (SSSR count). The molecule has 0 radical (unpaired) electrons. The maximum Gasteiger partial charge on any atom is 0.130 e. The lowest BCUT2D eigenvalue weighted by atomic mass is 10.3. The first-order chi connectivity index (χ1) is 7.24. The van der Waals surface area contributed by atoms with Gasteiger partial charge in [-0.1, -0.05) is 33.6 Å². The van der Waals surface area contributed by atoms with Crippen molar-refractivity contribution in [3.63, 3.8) is 0 Å². The van der Waals surface area contributed by atoms with Gasteiger partial charge < -0.3 is 5.32 Å². The summed E-state index contributed by atoms with van der Waals surface area (Å²) in [4.78, 5) is 4.14. The summed E-state index contributed by atoms with van der Waals surface area (Å²) < 4.78 is 1.03. The molecule has 0 spiro atoms. The molecule has 1 heterocycles. The van der Waals surface area contributed by atoms with E-state index in [0.717, 1.165) is 16.0 Å². The van der Waals surface area contributed by atoms with Crippen molar-refractivity contribution in [1.29, 1.82) is 0 Å². The van der Waals surface area contributed by atoms with Crippen LogP contribution < -0.4 is 5.32 Å². The van der Waals surface area contributed by atoms with Gasteiger partial charge in [-0.2, -0.15) is 0 Å². The Morgan fingerprint density at radius 3 is 2.73 bits per heavy atom. The monoisotopic (exact) mass is 282 g/mol. The van der Waals surface area contributed by atoms with Gasteiger partial charge in [0.15, 0.2) is 0 Å². The first kappa shape index (κ1) is 10.5. The Balaban J connectivity index is 2.18. The zero-order valence-electron chi connectivity index (χ0n) is 7.74. The average molecular weight is 284 g/mol. The summed E-state index contributed by atoms with van der Waals surface area (Å²) in [6.45, 7) is 0. The summed E-state index contributed by atoms with van der Waals surface area (Å²) in [5.74, 6) is 0.775. The van der Waals surface area contributed by atoms with Crippen molar-refractivity contribution in [3.8, 4) is 0 Å².